The van der Waals surface area contributed by atoms with Crippen LogP contribution >= 0.6 is 22.9 Å². The Balaban J connectivity index is 1.36. The highest BCUT2D eigenvalue weighted by molar-refractivity contribution is 7.13. The second kappa shape index (κ2) is 8.34. The Bertz CT molecular complexity index is 949. The Morgan fingerprint density at radius 3 is 2.79 bits per heavy atom. The number of nitrogens with zero attached hydrogens (tertiary/aromatic N) is 3. The summed E-state index contributed by atoms with van der Waals surface area (Å²) in [6.45, 7) is 3.68. The minimum atomic E-state index is -0.0287. The van der Waals surface area contributed by atoms with E-state index < -0.39 is 0 Å². The lowest BCUT2D eigenvalue weighted by Crippen LogP contribution is -2.48. The molecule has 2 aromatic heterocycles. The van der Waals surface area contributed by atoms with E-state index in [-0.39, 0.29) is 5.91 Å². The Labute approximate surface area is 172 Å². The van der Waals surface area contributed by atoms with Gasteiger partial charge in [0.05, 0.1) is 17.7 Å². The average molecular weight is 417 g/mol. The van der Waals surface area contributed by atoms with Crippen molar-refractivity contribution < 1.29 is 9.53 Å². The molecule has 0 saturated carbocycles. The van der Waals surface area contributed by atoms with Gasteiger partial charge in [0, 0.05) is 43.3 Å². The predicted molar refractivity (Wildman–Crippen MR) is 111 cm³/mol. The molecule has 3 heterocycles. The molecule has 0 radical (unpaired) electrons. The molecule has 8 heteroatoms. The summed E-state index contributed by atoms with van der Waals surface area (Å²) in [5.41, 5.74) is 2.40. The largest absolute Gasteiger partial charge is 0.496 e. The number of halogens is 1. The molecule has 0 spiro atoms. The van der Waals surface area contributed by atoms with Gasteiger partial charge in [-0.25, -0.2) is 0 Å². The van der Waals surface area contributed by atoms with E-state index >= 15 is 0 Å². The summed E-state index contributed by atoms with van der Waals surface area (Å²) < 4.78 is 5.43. The van der Waals surface area contributed by atoms with Crippen LogP contribution in [0.25, 0.3) is 10.6 Å². The fourth-order valence-corrected chi connectivity index (χ4v) is 4.26. The number of amides is 1. The number of carbonyl (C=O) groups is 1. The molecule has 1 aliphatic heterocycles. The van der Waals surface area contributed by atoms with Crippen LogP contribution in [0.2, 0.25) is 5.02 Å². The first-order valence-corrected chi connectivity index (χ1v) is 10.3. The van der Waals surface area contributed by atoms with Crippen molar-refractivity contribution in [2.24, 2.45) is 0 Å². The molecule has 28 heavy (non-hydrogen) atoms. The Kier molecular flexibility index (Phi) is 5.66. The monoisotopic (exact) mass is 416 g/mol. The average Bonchev–Trinajstić information content (AvgIpc) is 3.40. The van der Waals surface area contributed by atoms with Crippen molar-refractivity contribution >= 4 is 28.8 Å². The summed E-state index contributed by atoms with van der Waals surface area (Å²) in [4.78, 5) is 18.0. The standard InChI is InChI=1S/C20H21ClN4O2S/c1-27-18-5-4-15(21)11-14(18)13-24-6-8-25(9-7-24)20(26)17-12-16(22-23-17)19-3-2-10-28-19/h2-5,10-12H,6-9,13H2,1H3,(H,22,23). The van der Waals surface area contributed by atoms with Crippen LogP contribution in [-0.4, -0.2) is 59.2 Å². The van der Waals surface area contributed by atoms with Crippen LogP contribution in [0.1, 0.15) is 16.1 Å². The lowest BCUT2D eigenvalue weighted by Gasteiger charge is -2.34. The van der Waals surface area contributed by atoms with Crippen LogP contribution < -0.4 is 4.74 Å². The van der Waals surface area contributed by atoms with E-state index in [1.54, 1.807) is 18.4 Å². The first-order chi connectivity index (χ1) is 13.6. The zero-order valence-electron chi connectivity index (χ0n) is 15.5. The summed E-state index contributed by atoms with van der Waals surface area (Å²) in [6, 6.07) is 11.5. The van der Waals surface area contributed by atoms with Crippen LogP contribution in [-0.2, 0) is 6.54 Å². The molecule has 1 aromatic carbocycles. The number of carbonyl (C=O) groups excluding carboxylic acids is 1. The number of nitrogens with one attached hydrogen (secondary N) is 1. The zero-order valence-corrected chi connectivity index (χ0v) is 17.1. The maximum Gasteiger partial charge on any atom is 0.274 e. The fraction of sp³-hybridized carbons (Fsp3) is 0.300. The number of aromatic amines is 1. The van der Waals surface area contributed by atoms with Crippen LogP contribution in [0.5, 0.6) is 5.75 Å². The van der Waals surface area contributed by atoms with Crippen molar-refractivity contribution in [1.29, 1.82) is 0 Å². The van der Waals surface area contributed by atoms with Crippen LogP contribution in [0.4, 0.5) is 0 Å². The maximum atomic E-state index is 12.8. The summed E-state index contributed by atoms with van der Waals surface area (Å²) >= 11 is 7.75. The summed E-state index contributed by atoms with van der Waals surface area (Å²) in [6.07, 6.45) is 0. The minimum absolute atomic E-state index is 0.0287. The van der Waals surface area contributed by atoms with Crippen LogP contribution in [0.15, 0.2) is 41.8 Å². The van der Waals surface area contributed by atoms with Gasteiger partial charge in [0.25, 0.3) is 5.91 Å². The molecular formula is C20H21ClN4O2S. The highest BCUT2D eigenvalue weighted by atomic mass is 35.5. The third-order valence-electron chi connectivity index (χ3n) is 4.88. The number of H-pyrrole nitrogens is 1. The summed E-state index contributed by atoms with van der Waals surface area (Å²) in [5, 5.41) is 9.88. The molecule has 0 bridgehead atoms. The Morgan fingerprint density at radius 2 is 2.07 bits per heavy atom. The van der Waals surface area contributed by atoms with Gasteiger partial charge in [-0.2, -0.15) is 5.10 Å². The summed E-state index contributed by atoms with van der Waals surface area (Å²) in [7, 11) is 1.66. The molecule has 1 amide bonds. The van der Waals surface area contributed by atoms with Gasteiger partial charge in [-0.05, 0) is 35.7 Å². The number of benzene rings is 1. The van der Waals surface area contributed by atoms with E-state index in [1.165, 1.54) is 0 Å². The Hall–Kier alpha value is -2.35. The molecule has 0 unspecified atom stereocenters. The van der Waals surface area contributed by atoms with Gasteiger partial charge in [-0.1, -0.05) is 17.7 Å². The molecule has 146 valence electrons. The number of thiophene rings is 1. The lowest BCUT2D eigenvalue weighted by atomic mass is 10.1. The molecule has 1 aliphatic rings. The van der Waals surface area contributed by atoms with Gasteiger partial charge >= 0.3 is 0 Å². The van der Waals surface area contributed by atoms with E-state index in [4.69, 9.17) is 16.3 Å². The first-order valence-electron chi connectivity index (χ1n) is 9.07. The van der Waals surface area contributed by atoms with Crippen molar-refractivity contribution in [3.8, 4) is 16.3 Å². The van der Waals surface area contributed by atoms with Gasteiger partial charge in [-0.15, -0.1) is 11.3 Å². The number of aromatic nitrogens is 2. The molecule has 6 nitrogen and oxygen atoms in total. The summed E-state index contributed by atoms with van der Waals surface area (Å²) in [5.74, 6) is 0.805. The SMILES string of the molecule is COc1ccc(Cl)cc1CN1CCN(C(=O)c2cc(-c3cccs3)[nH]n2)CC1. The van der Waals surface area contributed by atoms with E-state index in [0.29, 0.717) is 23.8 Å². The van der Waals surface area contributed by atoms with E-state index in [9.17, 15) is 4.79 Å². The molecule has 0 atom stereocenters. The van der Waals surface area contributed by atoms with Gasteiger partial charge in [-0.3, -0.25) is 14.8 Å². The van der Waals surface area contributed by atoms with Gasteiger partial charge in [0.2, 0.25) is 0 Å². The quantitative estimate of drug-likeness (QED) is 0.688. The Morgan fingerprint density at radius 1 is 1.25 bits per heavy atom. The van der Waals surface area contributed by atoms with Gasteiger partial charge in [0.15, 0.2) is 5.69 Å². The van der Waals surface area contributed by atoms with Crippen molar-refractivity contribution in [2.45, 2.75) is 6.54 Å². The number of methoxy groups -OCH3 is 1. The maximum absolute atomic E-state index is 12.8. The number of ether oxygens (including phenoxy) is 1. The molecular weight excluding hydrogens is 396 g/mol. The molecule has 1 saturated heterocycles. The predicted octanol–water partition coefficient (Wildman–Crippen LogP) is 3.76. The van der Waals surface area contributed by atoms with Gasteiger partial charge in [0.1, 0.15) is 5.75 Å². The third-order valence-corrected chi connectivity index (χ3v) is 6.02. The van der Waals surface area contributed by atoms with Crippen LogP contribution in [0, 0.1) is 0 Å². The smallest absolute Gasteiger partial charge is 0.274 e. The normalized spacial score (nSPS) is 15.0. The number of rotatable bonds is 5. The molecule has 1 fully saturated rings. The number of hydrogen-bond donors (Lipinski definition) is 1. The lowest BCUT2D eigenvalue weighted by molar-refractivity contribution is 0.0621. The number of hydrogen-bond acceptors (Lipinski definition) is 5. The fourth-order valence-electron chi connectivity index (χ4n) is 3.37. The second-order valence-corrected chi connectivity index (χ2v) is 8.05. The zero-order chi connectivity index (χ0) is 19.5. The molecule has 4 rings (SSSR count). The highest BCUT2D eigenvalue weighted by Crippen LogP contribution is 2.25. The molecule has 3 aromatic rings. The van der Waals surface area contributed by atoms with E-state index in [1.807, 2.05) is 46.7 Å². The van der Waals surface area contributed by atoms with E-state index in [2.05, 4.69) is 15.1 Å². The number of piperazine rings is 1. The first kappa shape index (κ1) is 19.0. The molecule has 1 N–H and O–H groups in total. The minimum Gasteiger partial charge on any atom is -0.496 e. The van der Waals surface area contributed by atoms with Crippen molar-refractivity contribution in [3.05, 3.63) is 58.1 Å². The van der Waals surface area contributed by atoms with Crippen molar-refractivity contribution in [1.82, 2.24) is 20.0 Å². The van der Waals surface area contributed by atoms with Gasteiger partial charge < -0.3 is 9.64 Å². The van der Waals surface area contributed by atoms with Crippen LogP contribution in [0.3, 0.4) is 0 Å². The van der Waals surface area contributed by atoms with E-state index in [0.717, 1.165) is 41.5 Å². The highest BCUT2D eigenvalue weighted by Gasteiger charge is 2.24. The molecule has 0 aliphatic carbocycles. The van der Waals surface area contributed by atoms with Crippen molar-refractivity contribution in [2.75, 3.05) is 33.3 Å². The third kappa shape index (κ3) is 4.06. The second-order valence-electron chi connectivity index (χ2n) is 6.67. The topological polar surface area (TPSA) is 61.5 Å². The van der Waals surface area contributed by atoms with Crippen molar-refractivity contribution in [3.63, 3.8) is 0 Å².